The first-order valence-corrected chi connectivity index (χ1v) is 7.47. The van der Waals surface area contributed by atoms with Gasteiger partial charge in [-0.15, -0.1) is 0 Å². The minimum atomic E-state index is 0.287. The molecule has 0 amide bonds. The van der Waals surface area contributed by atoms with Crippen LogP contribution < -0.4 is 0 Å². The Morgan fingerprint density at radius 3 is 2.57 bits per heavy atom. The van der Waals surface area contributed by atoms with Crippen molar-refractivity contribution in [1.29, 1.82) is 0 Å². The van der Waals surface area contributed by atoms with E-state index in [1.807, 2.05) is 12.1 Å². The lowest BCUT2D eigenvalue weighted by molar-refractivity contribution is 0.475. The predicted molar refractivity (Wildman–Crippen MR) is 86.1 cm³/mol. The highest BCUT2D eigenvalue weighted by Gasteiger charge is 2.13. The Morgan fingerprint density at radius 2 is 1.86 bits per heavy atom. The second kappa shape index (κ2) is 5.60. The first-order valence-electron chi connectivity index (χ1n) is 7.47. The zero-order valence-corrected chi connectivity index (χ0v) is 12.5. The highest BCUT2D eigenvalue weighted by molar-refractivity contribution is 5.81. The van der Waals surface area contributed by atoms with Gasteiger partial charge in [0.15, 0.2) is 0 Å². The fourth-order valence-electron chi connectivity index (χ4n) is 2.68. The van der Waals surface area contributed by atoms with Crippen molar-refractivity contribution in [2.45, 2.75) is 33.1 Å². The van der Waals surface area contributed by atoms with E-state index in [2.05, 4.69) is 36.6 Å². The molecule has 3 rings (SSSR count). The van der Waals surface area contributed by atoms with Crippen molar-refractivity contribution < 1.29 is 5.11 Å². The number of imidazole rings is 1. The average Bonchev–Trinajstić information content (AvgIpc) is 2.86. The van der Waals surface area contributed by atoms with Crippen LogP contribution in [0.5, 0.6) is 5.75 Å². The van der Waals surface area contributed by atoms with E-state index in [1.165, 1.54) is 5.56 Å². The Kier molecular flexibility index (Phi) is 3.65. The Balaban J connectivity index is 2.22. The molecule has 0 aliphatic carbocycles. The number of hydrogen-bond acceptors (Lipinski definition) is 2. The number of phenolic OH excluding ortho intramolecular Hbond substituents is 1. The summed E-state index contributed by atoms with van der Waals surface area (Å²) in [6.45, 7) is 4.29. The molecule has 108 valence electrons. The quantitative estimate of drug-likeness (QED) is 0.770. The van der Waals surface area contributed by atoms with Crippen LogP contribution in [0.25, 0.3) is 16.7 Å². The first-order chi connectivity index (χ1) is 10.2. The third kappa shape index (κ3) is 2.51. The van der Waals surface area contributed by atoms with Gasteiger partial charge in [0.1, 0.15) is 11.6 Å². The van der Waals surface area contributed by atoms with Gasteiger partial charge in [0.05, 0.1) is 11.0 Å². The van der Waals surface area contributed by atoms with Crippen molar-refractivity contribution in [3.05, 3.63) is 53.9 Å². The highest BCUT2D eigenvalue weighted by Crippen LogP contribution is 2.25. The summed E-state index contributed by atoms with van der Waals surface area (Å²) in [7, 11) is 0. The Hall–Kier alpha value is -2.29. The Bertz CT molecular complexity index is 757. The monoisotopic (exact) mass is 280 g/mol. The van der Waals surface area contributed by atoms with Gasteiger partial charge in [0.2, 0.25) is 0 Å². The number of benzene rings is 2. The van der Waals surface area contributed by atoms with E-state index in [4.69, 9.17) is 4.98 Å². The summed E-state index contributed by atoms with van der Waals surface area (Å²) in [5.41, 5.74) is 4.44. The molecule has 0 unspecified atom stereocenters. The molecule has 3 nitrogen and oxygen atoms in total. The fourth-order valence-corrected chi connectivity index (χ4v) is 2.68. The average molecular weight is 280 g/mol. The number of phenols is 1. The van der Waals surface area contributed by atoms with Crippen molar-refractivity contribution in [2.75, 3.05) is 0 Å². The van der Waals surface area contributed by atoms with Gasteiger partial charge in [0.25, 0.3) is 0 Å². The van der Waals surface area contributed by atoms with Crippen molar-refractivity contribution in [3.63, 3.8) is 0 Å². The molecule has 2 aromatic carbocycles. The van der Waals surface area contributed by atoms with Crippen LogP contribution in [0.2, 0.25) is 0 Å². The van der Waals surface area contributed by atoms with Gasteiger partial charge in [-0.05, 0) is 49.2 Å². The molecule has 3 heteroatoms. The lowest BCUT2D eigenvalue weighted by Crippen LogP contribution is -2.01. The van der Waals surface area contributed by atoms with Crippen molar-refractivity contribution in [2.24, 2.45) is 0 Å². The molecule has 0 fully saturated rings. The maximum Gasteiger partial charge on any atom is 0.115 e. The molecule has 1 aromatic heterocycles. The summed E-state index contributed by atoms with van der Waals surface area (Å²) >= 11 is 0. The zero-order valence-electron chi connectivity index (χ0n) is 12.5. The number of aromatic hydroxyl groups is 1. The summed E-state index contributed by atoms with van der Waals surface area (Å²) in [6.07, 6.45) is 3.24. The van der Waals surface area contributed by atoms with Gasteiger partial charge < -0.3 is 5.11 Å². The maximum atomic E-state index is 9.50. The Morgan fingerprint density at radius 1 is 1.10 bits per heavy atom. The molecule has 0 atom stereocenters. The van der Waals surface area contributed by atoms with Gasteiger partial charge in [-0.3, -0.25) is 4.57 Å². The van der Waals surface area contributed by atoms with E-state index < -0.39 is 0 Å². The molecule has 0 saturated heterocycles. The standard InChI is InChI=1S/C18H20N2O/c1-3-4-8-17-19-18-13(2)6-5-7-16(18)20(17)14-9-11-15(21)12-10-14/h5-7,9-12,21H,3-4,8H2,1-2H3. The number of unbranched alkanes of at least 4 members (excludes halogenated alkanes) is 1. The molecular weight excluding hydrogens is 260 g/mol. The first kappa shape index (κ1) is 13.7. The van der Waals surface area contributed by atoms with Gasteiger partial charge in [-0.25, -0.2) is 4.98 Å². The van der Waals surface area contributed by atoms with Crippen LogP contribution in [0.15, 0.2) is 42.5 Å². The van der Waals surface area contributed by atoms with Crippen LogP contribution in [0.3, 0.4) is 0 Å². The fraction of sp³-hybridized carbons (Fsp3) is 0.278. The lowest BCUT2D eigenvalue weighted by atomic mass is 10.2. The van der Waals surface area contributed by atoms with E-state index in [9.17, 15) is 5.11 Å². The molecule has 0 spiro atoms. The van der Waals surface area contributed by atoms with Gasteiger partial charge in [0, 0.05) is 12.1 Å². The number of nitrogens with zero attached hydrogens (tertiary/aromatic N) is 2. The van der Waals surface area contributed by atoms with E-state index in [0.29, 0.717) is 0 Å². The van der Waals surface area contributed by atoms with Crippen molar-refractivity contribution >= 4 is 11.0 Å². The number of para-hydroxylation sites is 1. The van der Waals surface area contributed by atoms with Gasteiger partial charge in [-0.1, -0.05) is 25.5 Å². The van der Waals surface area contributed by atoms with E-state index in [0.717, 1.165) is 41.8 Å². The minimum absolute atomic E-state index is 0.287. The van der Waals surface area contributed by atoms with Crippen molar-refractivity contribution in [3.8, 4) is 11.4 Å². The molecule has 0 saturated carbocycles. The molecule has 1 heterocycles. The van der Waals surface area contributed by atoms with E-state index in [-0.39, 0.29) is 5.75 Å². The largest absolute Gasteiger partial charge is 0.508 e. The molecule has 1 N–H and O–H groups in total. The van der Waals surface area contributed by atoms with Gasteiger partial charge >= 0.3 is 0 Å². The molecule has 0 radical (unpaired) electrons. The summed E-state index contributed by atoms with van der Waals surface area (Å²) in [4.78, 5) is 4.85. The van der Waals surface area contributed by atoms with Crippen molar-refractivity contribution in [1.82, 2.24) is 9.55 Å². The normalized spacial score (nSPS) is 11.1. The second-order valence-electron chi connectivity index (χ2n) is 5.43. The third-order valence-electron chi connectivity index (χ3n) is 3.82. The Labute approximate surface area is 124 Å². The molecule has 0 bridgehead atoms. The smallest absolute Gasteiger partial charge is 0.115 e. The van der Waals surface area contributed by atoms with Crippen LogP contribution in [-0.4, -0.2) is 14.7 Å². The maximum absolute atomic E-state index is 9.50. The third-order valence-corrected chi connectivity index (χ3v) is 3.82. The molecule has 0 aliphatic rings. The minimum Gasteiger partial charge on any atom is -0.508 e. The summed E-state index contributed by atoms with van der Waals surface area (Å²) < 4.78 is 2.21. The van der Waals surface area contributed by atoms with Crippen LogP contribution in [-0.2, 0) is 6.42 Å². The van der Waals surface area contributed by atoms with Crippen LogP contribution >= 0.6 is 0 Å². The van der Waals surface area contributed by atoms with E-state index in [1.54, 1.807) is 12.1 Å². The lowest BCUT2D eigenvalue weighted by Gasteiger charge is -2.09. The second-order valence-corrected chi connectivity index (χ2v) is 5.43. The topological polar surface area (TPSA) is 38.0 Å². The summed E-state index contributed by atoms with van der Waals surface area (Å²) in [5, 5.41) is 9.50. The zero-order chi connectivity index (χ0) is 14.8. The molecule has 0 aliphatic heterocycles. The highest BCUT2D eigenvalue weighted by atomic mass is 16.3. The number of aromatic nitrogens is 2. The van der Waals surface area contributed by atoms with Crippen LogP contribution in [0.1, 0.15) is 31.2 Å². The number of rotatable bonds is 4. The molecular formula is C18H20N2O. The number of fused-ring (bicyclic) bond motifs is 1. The SMILES string of the molecule is CCCCc1nc2c(C)cccc2n1-c1ccc(O)cc1. The predicted octanol–water partition coefficient (Wildman–Crippen LogP) is 4.38. The summed E-state index contributed by atoms with van der Waals surface area (Å²) in [5.74, 6) is 1.38. The molecule has 3 aromatic rings. The number of aryl methyl sites for hydroxylation is 2. The van der Waals surface area contributed by atoms with Crippen LogP contribution in [0.4, 0.5) is 0 Å². The van der Waals surface area contributed by atoms with Crippen LogP contribution in [0, 0.1) is 6.92 Å². The van der Waals surface area contributed by atoms with Gasteiger partial charge in [-0.2, -0.15) is 0 Å². The molecule has 21 heavy (non-hydrogen) atoms. The van der Waals surface area contributed by atoms with E-state index >= 15 is 0 Å². The summed E-state index contributed by atoms with van der Waals surface area (Å²) in [6, 6.07) is 13.6. The number of hydrogen-bond donors (Lipinski definition) is 1.